The number of benzene rings is 10. The molecule has 0 saturated carbocycles. The Morgan fingerprint density at radius 3 is 1.56 bits per heavy atom. The summed E-state index contributed by atoms with van der Waals surface area (Å²) in [6, 6.07) is -11.6. The first kappa shape index (κ1) is 17.5. The molecule has 10 aromatic carbocycles. The lowest BCUT2D eigenvalue weighted by atomic mass is 10.1. The zero-order valence-corrected chi connectivity index (χ0v) is 33.6. The molecule has 0 fully saturated rings. The molecule has 13 aromatic rings. The predicted molar refractivity (Wildman–Crippen MR) is 271 cm³/mol. The summed E-state index contributed by atoms with van der Waals surface area (Å²) in [5.41, 5.74) is -6.83. The minimum absolute atomic E-state index is 0.124. The molecule has 0 aliphatic carbocycles. The third kappa shape index (κ3) is 5.33. The quantitative estimate of drug-likeness (QED) is 0.116. The molecule has 3 heterocycles. The van der Waals surface area contributed by atoms with Crippen molar-refractivity contribution < 1.29 is 45.5 Å². The Morgan fingerprint density at radius 1 is 0.391 bits per heavy atom. The van der Waals surface area contributed by atoms with Gasteiger partial charge >= 0.3 is 0 Å². The summed E-state index contributed by atoms with van der Waals surface area (Å²) in [5.74, 6) is 0. The number of aromatic nitrogens is 2. The van der Waals surface area contributed by atoms with Gasteiger partial charge in [-0.15, -0.1) is 0 Å². The Balaban J connectivity index is 1.29. The van der Waals surface area contributed by atoms with Crippen molar-refractivity contribution >= 4 is 94.4 Å². The Hall–Kier alpha value is -8.18. The van der Waals surface area contributed by atoms with Crippen LogP contribution in [-0.2, 0) is 0 Å². The van der Waals surface area contributed by atoms with Crippen LogP contribution in [0.1, 0.15) is 41.1 Å². The summed E-state index contributed by atoms with van der Waals surface area (Å²) < 4.78 is 289. The van der Waals surface area contributed by atoms with E-state index >= 15 is 0 Å². The second-order valence-electron chi connectivity index (χ2n) is 14.5. The number of furan rings is 1. The third-order valence-electron chi connectivity index (χ3n) is 11.3. The molecule has 0 saturated heterocycles. The molecule has 0 unspecified atom stereocenters. The van der Waals surface area contributed by atoms with Crippen molar-refractivity contribution in [3.05, 3.63) is 242 Å². The van der Waals surface area contributed by atoms with E-state index in [1.54, 1.807) is 12.1 Å². The van der Waals surface area contributed by atoms with Crippen LogP contribution in [-0.4, -0.2) is 17.2 Å². The maximum atomic E-state index is 10.5. The molecule has 64 heavy (non-hydrogen) atoms. The second-order valence-corrected chi connectivity index (χ2v) is 18.2. The average Bonchev–Trinajstić information content (AvgIpc) is 1.61. The minimum atomic E-state index is -5.12. The molecule has 0 aliphatic heterocycles. The SMILES string of the molecule is [2H]c1c([2H])c([2H])c(-c2c([2H])c([2H])c([2H])c([Si](c3ccccc3)(c3ccccc3)c3c([2H])c([2H])c(-n4c5c([2H])c([2H])c([2H])c([2H])c5c5c([2H])c(-n6c7c([2H])c([2H])c([2H])c([2H])c7c7c([2H])c([2H])c([2H])c([2H])c76)c6oc7c([2H])c([2H])c([2H])c([2H])c7c6c54)c([2H])c3[2H])c2[2H])c([2H])c1[2H]. The zero-order valence-electron chi connectivity index (χ0n) is 62.6. The van der Waals surface area contributed by atoms with E-state index in [9.17, 15) is 23.3 Å². The van der Waals surface area contributed by atoms with Gasteiger partial charge in [-0.2, -0.15) is 0 Å². The van der Waals surface area contributed by atoms with E-state index in [0.717, 1.165) is 9.13 Å². The molecule has 13 rings (SSSR count). The summed E-state index contributed by atoms with van der Waals surface area (Å²) in [5, 5.41) is -4.14. The molecular weight excluding hydrogens is 793 g/mol. The predicted octanol–water partition coefficient (Wildman–Crippen LogP) is 12.8. The number of fused-ring (bicyclic) bond motifs is 10. The van der Waals surface area contributed by atoms with Crippen LogP contribution in [0.3, 0.4) is 0 Å². The van der Waals surface area contributed by atoms with Gasteiger partial charge in [-0.05, 0) is 74.2 Å². The number of para-hydroxylation sites is 4. The molecule has 0 spiro atoms. The van der Waals surface area contributed by atoms with E-state index in [2.05, 4.69) is 0 Å². The van der Waals surface area contributed by atoms with Gasteiger partial charge in [0, 0.05) is 32.6 Å². The van der Waals surface area contributed by atoms with Crippen LogP contribution in [0.2, 0.25) is 0 Å². The standard InChI is InChI=1S/C60H40N2OSi/c1-4-19-41(20-5-1)42-21-18-26-47(39-42)64(44-22-6-2-7-23-44,45-24-8-3-9-25-45)46-37-35-43(36-38-46)61-53-31-14-12-29-50(53)52-40-56(60-58(59(52)61)51-30-13-17-34-57(51)63-60)62-54-32-15-10-27-48(54)49-28-11-16-33-55(49)62/h1-40H/i1D,4D,5D,10D,11D,12D,13D,14D,15D,16D,17D,18D,19D,20D,21D,26D,27D,28D,29D,30D,31D,32D,33D,34D,35D,36D,37D,38D,39D,40D. The fraction of sp³-hybridized carbons (Fsp3) is 0. The Kier molecular flexibility index (Phi) is 3.96. The van der Waals surface area contributed by atoms with Crippen molar-refractivity contribution in [1.82, 2.24) is 9.13 Å². The lowest BCUT2D eigenvalue weighted by Crippen LogP contribution is -2.74. The van der Waals surface area contributed by atoms with Crippen LogP contribution in [0, 0.1) is 0 Å². The van der Waals surface area contributed by atoms with E-state index in [0.29, 0.717) is 0 Å². The molecule has 0 N–H and O–H groups in total. The van der Waals surface area contributed by atoms with Gasteiger partial charge in [-0.3, -0.25) is 0 Å². The van der Waals surface area contributed by atoms with E-state index in [4.69, 9.17) is 22.2 Å². The highest BCUT2D eigenvalue weighted by Crippen LogP contribution is 2.45. The van der Waals surface area contributed by atoms with Crippen LogP contribution in [0.15, 0.2) is 246 Å². The topological polar surface area (TPSA) is 23.0 Å². The first-order valence-electron chi connectivity index (χ1n) is 34.6. The maximum Gasteiger partial charge on any atom is 0.179 e. The van der Waals surface area contributed by atoms with Crippen LogP contribution >= 0.6 is 0 Å². The molecule has 0 bridgehead atoms. The van der Waals surface area contributed by atoms with E-state index in [-0.39, 0.29) is 10.4 Å². The van der Waals surface area contributed by atoms with Crippen molar-refractivity contribution in [2.45, 2.75) is 0 Å². The van der Waals surface area contributed by atoms with Gasteiger partial charge in [0.2, 0.25) is 0 Å². The monoisotopic (exact) mass is 862 g/mol. The normalized spacial score (nSPS) is 18.6. The van der Waals surface area contributed by atoms with Crippen LogP contribution < -0.4 is 20.7 Å². The Bertz CT molecular complexity index is 5510. The van der Waals surface area contributed by atoms with Crippen molar-refractivity contribution in [3.63, 3.8) is 0 Å². The van der Waals surface area contributed by atoms with Gasteiger partial charge in [0.25, 0.3) is 0 Å². The number of rotatable bonds is 7. The smallest absolute Gasteiger partial charge is 0.179 e. The summed E-state index contributed by atoms with van der Waals surface area (Å²) in [6.45, 7) is 0. The van der Waals surface area contributed by atoms with Gasteiger partial charge in [0.05, 0.1) is 74.3 Å². The van der Waals surface area contributed by atoms with Crippen molar-refractivity contribution in [1.29, 1.82) is 0 Å². The highest BCUT2D eigenvalue weighted by Gasteiger charge is 2.41. The molecule has 0 amide bonds. The molecular formula is C60H40N2OSi. The molecule has 300 valence electrons. The molecule has 3 aromatic heterocycles. The summed E-state index contributed by atoms with van der Waals surface area (Å²) >= 11 is 0. The highest BCUT2D eigenvalue weighted by molar-refractivity contribution is 7.19. The Morgan fingerprint density at radius 2 is 0.922 bits per heavy atom. The largest absolute Gasteiger partial charge is 0.454 e. The molecule has 3 nitrogen and oxygen atoms in total. The first-order valence-corrected chi connectivity index (χ1v) is 21.6. The first-order chi connectivity index (χ1) is 44.3. The number of hydrogen-bond donors (Lipinski definition) is 0. The third-order valence-corrected chi connectivity index (χ3v) is 15.7. The second kappa shape index (κ2) is 14.5. The maximum absolute atomic E-state index is 10.5. The molecule has 0 aliphatic rings. The van der Waals surface area contributed by atoms with Crippen molar-refractivity contribution in [2.24, 2.45) is 0 Å². The van der Waals surface area contributed by atoms with Crippen molar-refractivity contribution in [3.8, 4) is 22.5 Å². The summed E-state index contributed by atoms with van der Waals surface area (Å²) in [4.78, 5) is 0. The van der Waals surface area contributed by atoms with E-state index < -0.39 is 288 Å². The zero-order chi connectivity index (χ0) is 68.3. The van der Waals surface area contributed by atoms with Crippen LogP contribution in [0.4, 0.5) is 0 Å². The molecule has 0 atom stereocenters. The number of nitrogens with zero attached hydrogens (tertiary/aromatic N) is 2. The summed E-state index contributed by atoms with van der Waals surface area (Å²) in [7, 11) is -5.12. The number of hydrogen-bond acceptors (Lipinski definition) is 1. The highest BCUT2D eigenvalue weighted by atomic mass is 28.3. The van der Waals surface area contributed by atoms with Gasteiger partial charge in [0.15, 0.2) is 13.7 Å². The molecule has 4 heteroatoms. The average molecular weight is 863 g/mol. The van der Waals surface area contributed by atoms with Gasteiger partial charge in [-0.1, -0.05) is 200 Å². The van der Waals surface area contributed by atoms with E-state index in [1.807, 2.05) is 0 Å². The van der Waals surface area contributed by atoms with Gasteiger partial charge < -0.3 is 13.6 Å². The van der Waals surface area contributed by atoms with Gasteiger partial charge in [0.1, 0.15) is 5.58 Å². The van der Waals surface area contributed by atoms with Crippen LogP contribution in [0.25, 0.3) is 88.1 Å². The van der Waals surface area contributed by atoms with Crippen LogP contribution in [0.5, 0.6) is 0 Å². The molecule has 0 radical (unpaired) electrons. The Labute approximate surface area is 413 Å². The lowest BCUT2D eigenvalue weighted by Gasteiger charge is -2.35. The lowest BCUT2D eigenvalue weighted by molar-refractivity contribution is 0.666. The summed E-state index contributed by atoms with van der Waals surface area (Å²) in [6.07, 6.45) is 0. The van der Waals surface area contributed by atoms with Gasteiger partial charge in [-0.25, -0.2) is 0 Å². The fourth-order valence-corrected chi connectivity index (χ4v) is 12.8. The fourth-order valence-electron chi connectivity index (χ4n) is 8.65. The minimum Gasteiger partial charge on any atom is -0.454 e. The van der Waals surface area contributed by atoms with E-state index in [1.165, 1.54) is 48.5 Å². The van der Waals surface area contributed by atoms with Crippen molar-refractivity contribution in [2.75, 3.05) is 0 Å².